The average molecular weight is 258 g/mol. The van der Waals surface area contributed by atoms with Crippen LogP contribution in [0, 0.1) is 18.3 Å². The number of nitrogens with two attached hydrogens (primary N) is 1. The van der Waals surface area contributed by atoms with Gasteiger partial charge in [-0.3, -0.25) is 0 Å². The number of hydrogen-bond donors (Lipinski definition) is 2. The molecule has 0 aromatic heterocycles. The first-order valence-electron chi connectivity index (χ1n) is 5.43. The molecular formula is C14H12ClN3. The maximum absolute atomic E-state index is 8.93. The van der Waals surface area contributed by atoms with E-state index in [4.69, 9.17) is 22.6 Å². The molecule has 0 aliphatic carbocycles. The lowest BCUT2D eigenvalue weighted by Gasteiger charge is -2.11. The Morgan fingerprint density at radius 3 is 2.78 bits per heavy atom. The van der Waals surface area contributed by atoms with Crippen molar-refractivity contribution in [2.75, 3.05) is 11.1 Å². The fraction of sp³-hybridized carbons (Fsp3) is 0.0714. The number of nitriles is 1. The quantitative estimate of drug-likeness (QED) is 0.804. The summed E-state index contributed by atoms with van der Waals surface area (Å²) in [6, 6.07) is 13.0. The van der Waals surface area contributed by atoms with Gasteiger partial charge in [-0.05, 0) is 42.8 Å². The Balaban J connectivity index is 2.35. The highest BCUT2D eigenvalue weighted by molar-refractivity contribution is 6.31. The molecule has 0 spiro atoms. The Labute approximate surface area is 111 Å². The number of benzene rings is 2. The Hall–Kier alpha value is -2.18. The second-order valence-electron chi connectivity index (χ2n) is 3.95. The summed E-state index contributed by atoms with van der Waals surface area (Å²) in [6.45, 7) is 1.94. The van der Waals surface area contributed by atoms with Gasteiger partial charge in [0.2, 0.25) is 0 Å². The van der Waals surface area contributed by atoms with Gasteiger partial charge < -0.3 is 11.1 Å². The monoisotopic (exact) mass is 257 g/mol. The van der Waals surface area contributed by atoms with Crippen LogP contribution in [-0.2, 0) is 0 Å². The van der Waals surface area contributed by atoms with Crippen LogP contribution in [-0.4, -0.2) is 0 Å². The van der Waals surface area contributed by atoms with Crippen molar-refractivity contribution in [2.24, 2.45) is 0 Å². The maximum Gasteiger partial charge on any atom is 0.101 e. The second kappa shape index (κ2) is 4.99. The molecule has 3 N–H and O–H groups in total. The van der Waals surface area contributed by atoms with Crippen molar-refractivity contribution in [3.63, 3.8) is 0 Å². The van der Waals surface area contributed by atoms with E-state index in [0.717, 1.165) is 16.9 Å². The summed E-state index contributed by atoms with van der Waals surface area (Å²) in [5.41, 5.74) is 9.30. The highest BCUT2D eigenvalue weighted by Gasteiger charge is 2.04. The lowest BCUT2D eigenvalue weighted by molar-refractivity contribution is 1.42. The van der Waals surface area contributed by atoms with Crippen molar-refractivity contribution in [1.29, 1.82) is 5.26 Å². The van der Waals surface area contributed by atoms with Gasteiger partial charge in [0, 0.05) is 22.1 Å². The molecule has 3 nitrogen and oxygen atoms in total. The molecule has 0 amide bonds. The van der Waals surface area contributed by atoms with Crippen LogP contribution in [0.2, 0.25) is 5.02 Å². The fourth-order valence-corrected chi connectivity index (χ4v) is 1.80. The number of nitrogen functional groups attached to an aromatic ring is 1. The smallest absolute Gasteiger partial charge is 0.101 e. The van der Waals surface area contributed by atoms with Crippen molar-refractivity contribution in [3.8, 4) is 6.07 Å². The van der Waals surface area contributed by atoms with E-state index in [1.54, 1.807) is 12.1 Å². The van der Waals surface area contributed by atoms with Crippen LogP contribution < -0.4 is 11.1 Å². The molecule has 4 heteroatoms. The van der Waals surface area contributed by atoms with Crippen LogP contribution in [0.3, 0.4) is 0 Å². The Kier molecular flexibility index (Phi) is 3.40. The van der Waals surface area contributed by atoms with Crippen molar-refractivity contribution in [1.82, 2.24) is 0 Å². The molecular weight excluding hydrogens is 246 g/mol. The van der Waals surface area contributed by atoms with Crippen LogP contribution in [0.15, 0.2) is 36.4 Å². The van der Waals surface area contributed by atoms with E-state index in [9.17, 15) is 0 Å². The van der Waals surface area contributed by atoms with Gasteiger partial charge in [-0.25, -0.2) is 0 Å². The maximum atomic E-state index is 8.93. The SMILES string of the molecule is Cc1c(Cl)cccc1Nc1ccc(N)c(C#N)c1. The second-order valence-corrected chi connectivity index (χ2v) is 4.36. The summed E-state index contributed by atoms with van der Waals surface area (Å²) in [6.07, 6.45) is 0. The molecule has 0 radical (unpaired) electrons. The fourth-order valence-electron chi connectivity index (χ4n) is 1.63. The first-order chi connectivity index (χ1) is 8.61. The first-order valence-corrected chi connectivity index (χ1v) is 5.81. The van der Waals surface area contributed by atoms with Gasteiger partial charge in [0.15, 0.2) is 0 Å². The minimum atomic E-state index is 0.458. The summed E-state index contributed by atoms with van der Waals surface area (Å²) >= 11 is 6.05. The van der Waals surface area contributed by atoms with E-state index >= 15 is 0 Å². The van der Waals surface area contributed by atoms with Crippen LogP contribution in [0.1, 0.15) is 11.1 Å². The Morgan fingerprint density at radius 2 is 2.06 bits per heavy atom. The molecule has 0 saturated carbocycles. The van der Waals surface area contributed by atoms with Gasteiger partial charge in [-0.2, -0.15) is 5.26 Å². The predicted molar refractivity (Wildman–Crippen MR) is 75.0 cm³/mol. The van der Waals surface area contributed by atoms with E-state index in [1.165, 1.54) is 0 Å². The summed E-state index contributed by atoms with van der Waals surface area (Å²) < 4.78 is 0. The van der Waals surface area contributed by atoms with E-state index in [-0.39, 0.29) is 0 Å². The van der Waals surface area contributed by atoms with Gasteiger partial charge in [-0.1, -0.05) is 17.7 Å². The lowest BCUT2D eigenvalue weighted by atomic mass is 10.1. The summed E-state index contributed by atoms with van der Waals surface area (Å²) in [4.78, 5) is 0. The van der Waals surface area contributed by atoms with Gasteiger partial charge >= 0.3 is 0 Å². The summed E-state index contributed by atoms with van der Waals surface area (Å²) in [5.74, 6) is 0. The van der Waals surface area contributed by atoms with E-state index in [2.05, 4.69) is 11.4 Å². The Morgan fingerprint density at radius 1 is 1.28 bits per heavy atom. The van der Waals surface area contributed by atoms with Gasteiger partial charge in [0.25, 0.3) is 0 Å². The zero-order valence-electron chi connectivity index (χ0n) is 9.87. The van der Waals surface area contributed by atoms with Crippen LogP contribution in [0.4, 0.5) is 17.1 Å². The van der Waals surface area contributed by atoms with E-state index in [0.29, 0.717) is 16.3 Å². The molecule has 0 bridgehead atoms. The molecule has 18 heavy (non-hydrogen) atoms. The Bertz CT molecular complexity index is 629. The molecule has 0 unspecified atom stereocenters. The number of nitrogens with zero attached hydrogens (tertiary/aromatic N) is 1. The molecule has 2 aromatic carbocycles. The predicted octanol–water partition coefficient (Wildman–Crippen LogP) is 3.85. The average Bonchev–Trinajstić information content (AvgIpc) is 2.37. The number of hydrogen-bond acceptors (Lipinski definition) is 3. The molecule has 0 aliphatic rings. The van der Waals surface area contributed by atoms with Crippen LogP contribution >= 0.6 is 11.6 Å². The standard InChI is InChI=1S/C14H12ClN3/c1-9-12(15)3-2-4-14(9)18-11-5-6-13(17)10(7-11)8-16/h2-7,18H,17H2,1H3. The highest BCUT2D eigenvalue weighted by Crippen LogP contribution is 2.27. The van der Waals surface area contributed by atoms with Crippen LogP contribution in [0.25, 0.3) is 0 Å². The third-order valence-corrected chi connectivity index (χ3v) is 3.13. The molecule has 90 valence electrons. The van der Waals surface area contributed by atoms with Crippen LogP contribution in [0.5, 0.6) is 0 Å². The molecule has 2 aromatic rings. The number of halogens is 1. The van der Waals surface area contributed by atoms with Gasteiger partial charge in [0.1, 0.15) is 6.07 Å². The third-order valence-electron chi connectivity index (χ3n) is 2.72. The molecule has 0 fully saturated rings. The van der Waals surface area contributed by atoms with Crippen molar-refractivity contribution >= 4 is 28.7 Å². The molecule has 2 rings (SSSR count). The lowest BCUT2D eigenvalue weighted by Crippen LogP contribution is -1.96. The third kappa shape index (κ3) is 2.39. The minimum Gasteiger partial charge on any atom is -0.398 e. The minimum absolute atomic E-state index is 0.458. The molecule has 0 aliphatic heterocycles. The topological polar surface area (TPSA) is 61.8 Å². The molecule has 0 saturated heterocycles. The van der Waals surface area contributed by atoms with Crippen molar-refractivity contribution < 1.29 is 0 Å². The largest absolute Gasteiger partial charge is 0.398 e. The van der Waals surface area contributed by atoms with Crippen molar-refractivity contribution in [3.05, 3.63) is 52.5 Å². The first kappa shape index (κ1) is 12.3. The van der Waals surface area contributed by atoms with E-state index < -0.39 is 0 Å². The summed E-state index contributed by atoms with van der Waals surface area (Å²) in [5, 5.41) is 12.9. The van der Waals surface area contributed by atoms with Gasteiger partial charge in [-0.15, -0.1) is 0 Å². The number of rotatable bonds is 2. The van der Waals surface area contributed by atoms with Gasteiger partial charge in [0.05, 0.1) is 5.56 Å². The summed E-state index contributed by atoms with van der Waals surface area (Å²) in [7, 11) is 0. The zero-order chi connectivity index (χ0) is 13.1. The highest BCUT2D eigenvalue weighted by atomic mass is 35.5. The van der Waals surface area contributed by atoms with E-state index in [1.807, 2.05) is 31.2 Å². The zero-order valence-corrected chi connectivity index (χ0v) is 10.6. The number of anilines is 3. The molecule has 0 heterocycles. The van der Waals surface area contributed by atoms with Crippen molar-refractivity contribution in [2.45, 2.75) is 6.92 Å². The normalized spacial score (nSPS) is 9.83. The number of nitrogens with one attached hydrogen (secondary N) is 1. The molecule has 0 atom stereocenters.